The molecular formula is C17H26BN7O7. The Bertz CT molecular complexity index is 993. The first-order chi connectivity index (χ1) is 15.3. The van der Waals surface area contributed by atoms with Gasteiger partial charge >= 0.3 is 12.1 Å². The van der Waals surface area contributed by atoms with Crippen LogP contribution in [0, 0.1) is 0 Å². The third-order valence-corrected chi connectivity index (χ3v) is 4.25. The zero-order chi connectivity index (χ0) is 23.5. The fourth-order valence-corrected chi connectivity index (χ4v) is 2.71. The van der Waals surface area contributed by atoms with E-state index in [2.05, 4.69) is 20.3 Å². The third kappa shape index (κ3) is 7.35. The molecule has 0 saturated carbocycles. The summed E-state index contributed by atoms with van der Waals surface area (Å²) in [6.45, 7) is 1.52. The molecule has 0 aromatic carbocycles. The molecule has 2 rings (SSSR count). The number of hydrogen-bond acceptors (Lipinski definition) is 9. The van der Waals surface area contributed by atoms with Crippen molar-refractivity contribution in [2.75, 3.05) is 31.7 Å². The summed E-state index contributed by atoms with van der Waals surface area (Å²) < 4.78 is 11.3. The molecule has 0 aliphatic heterocycles. The predicted octanol–water partition coefficient (Wildman–Crippen LogP) is -0.916. The molecule has 2 aromatic rings. The van der Waals surface area contributed by atoms with Crippen molar-refractivity contribution in [1.29, 1.82) is 0 Å². The van der Waals surface area contributed by atoms with Crippen LogP contribution in [0.25, 0.3) is 11.2 Å². The molecule has 32 heavy (non-hydrogen) atoms. The Labute approximate surface area is 183 Å². The Morgan fingerprint density at radius 3 is 2.88 bits per heavy atom. The maximum atomic E-state index is 12.7. The number of imidazole rings is 1. The molecule has 0 aliphatic rings. The first-order valence-corrected chi connectivity index (χ1v) is 10.0. The van der Waals surface area contributed by atoms with Gasteiger partial charge in [0, 0.05) is 6.54 Å². The van der Waals surface area contributed by atoms with Gasteiger partial charge in [0.2, 0.25) is 11.9 Å². The van der Waals surface area contributed by atoms with Crippen molar-refractivity contribution in [3.63, 3.8) is 0 Å². The van der Waals surface area contributed by atoms with Crippen molar-refractivity contribution in [1.82, 2.24) is 24.4 Å². The molecular weight excluding hydrogens is 425 g/mol. The monoisotopic (exact) mass is 451 g/mol. The van der Waals surface area contributed by atoms with Crippen LogP contribution in [0.3, 0.4) is 0 Å². The number of nitrogens with one attached hydrogen (secondary N) is 2. The Kier molecular flexibility index (Phi) is 9.62. The topological polar surface area (TPSA) is 195 Å². The van der Waals surface area contributed by atoms with Crippen LogP contribution in [0.1, 0.15) is 19.8 Å². The number of rotatable bonds is 13. The predicted molar refractivity (Wildman–Crippen MR) is 114 cm³/mol. The zero-order valence-corrected chi connectivity index (χ0v) is 17.7. The Morgan fingerprint density at radius 2 is 2.19 bits per heavy atom. The summed E-state index contributed by atoms with van der Waals surface area (Å²) in [5.74, 6) is -1.86. The highest BCUT2D eigenvalue weighted by Gasteiger charge is 2.20. The fraction of sp³-hybridized carbons (Fsp3) is 0.529. The minimum atomic E-state index is -1.17. The van der Waals surface area contributed by atoms with E-state index in [0.29, 0.717) is 12.7 Å². The fourth-order valence-electron chi connectivity index (χ4n) is 2.71. The van der Waals surface area contributed by atoms with Gasteiger partial charge in [0.05, 0.1) is 19.7 Å². The molecule has 0 radical (unpaired) electrons. The van der Waals surface area contributed by atoms with Crippen molar-refractivity contribution in [3.8, 4) is 0 Å². The minimum absolute atomic E-state index is 0.0244. The van der Waals surface area contributed by atoms with Crippen LogP contribution >= 0.6 is 0 Å². The Hall–Kier alpha value is -3.46. The molecule has 0 atom stereocenters. The molecule has 174 valence electrons. The number of aromatic nitrogens is 4. The quantitative estimate of drug-likeness (QED) is 0.168. The van der Waals surface area contributed by atoms with Gasteiger partial charge in [-0.25, -0.2) is 9.78 Å². The maximum absolute atomic E-state index is 12.7. The molecule has 2 aromatic heterocycles. The third-order valence-electron chi connectivity index (χ3n) is 4.25. The van der Waals surface area contributed by atoms with E-state index >= 15 is 0 Å². The number of carboxylic acids is 1. The van der Waals surface area contributed by atoms with Crippen LogP contribution in [0.4, 0.5) is 10.7 Å². The second-order valence-electron chi connectivity index (χ2n) is 6.71. The van der Waals surface area contributed by atoms with Crippen LogP contribution in [0.15, 0.2) is 11.1 Å². The van der Waals surface area contributed by atoms with Crippen molar-refractivity contribution in [3.05, 3.63) is 16.7 Å². The van der Waals surface area contributed by atoms with Gasteiger partial charge in [0.1, 0.15) is 13.1 Å². The van der Waals surface area contributed by atoms with Gasteiger partial charge in [0.25, 0.3) is 13.0 Å². The molecule has 5 N–H and O–H groups in total. The number of nitrogens with zero attached hydrogens (tertiary/aromatic N) is 4. The van der Waals surface area contributed by atoms with Gasteiger partial charge in [-0.15, -0.1) is 0 Å². The lowest BCUT2D eigenvalue weighted by Gasteiger charge is -2.20. The number of carbonyl (C=O) groups excluding carboxylic acids is 2. The highest BCUT2D eigenvalue weighted by molar-refractivity contribution is 6.27. The van der Waals surface area contributed by atoms with E-state index in [0.717, 1.165) is 11.3 Å². The minimum Gasteiger partial charge on any atom is -0.480 e. The van der Waals surface area contributed by atoms with Crippen LogP contribution < -0.4 is 16.6 Å². The van der Waals surface area contributed by atoms with Crippen molar-refractivity contribution in [2.45, 2.75) is 32.6 Å². The number of aromatic amines is 1. The van der Waals surface area contributed by atoms with E-state index in [1.54, 1.807) is 0 Å². The van der Waals surface area contributed by atoms with Crippen LogP contribution in [0.2, 0.25) is 6.32 Å². The number of ether oxygens (including phenoxy) is 1. The lowest BCUT2D eigenvalue weighted by atomic mass is 9.95. The maximum Gasteiger partial charge on any atom is 0.413 e. The number of fused-ring (bicyclic) bond motifs is 1. The first kappa shape index (κ1) is 24.8. The number of unbranched alkanes of at least 4 members (excludes halogenated alkanes) is 1. The van der Waals surface area contributed by atoms with Crippen molar-refractivity contribution >= 4 is 42.6 Å². The molecule has 2 amide bonds. The molecule has 0 unspecified atom stereocenters. The SMILES string of the molecule is CCCCOC(=O)Nc1nc2c(ncn2CC(=O)N(CCBOCN)CC(=O)O)c(=O)[nH]1. The average molecular weight is 451 g/mol. The van der Waals surface area contributed by atoms with E-state index in [-0.39, 0.29) is 51.0 Å². The molecule has 2 heterocycles. The number of amides is 2. The second-order valence-corrected chi connectivity index (χ2v) is 6.71. The van der Waals surface area contributed by atoms with Gasteiger partial charge in [0.15, 0.2) is 11.2 Å². The number of aliphatic carboxylic acids is 1. The molecule has 15 heteroatoms. The van der Waals surface area contributed by atoms with Gasteiger partial charge in [-0.1, -0.05) is 13.3 Å². The number of carboxylic acid groups (broad SMARTS) is 1. The Balaban J connectivity index is 2.15. The molecule has 14 nitrogen and oxygen atoms in total. The van der Waals surface area contributed by atoms with Crippen LogP contribution in [-0.4, -0.2) is 81.4 Å². The summed E-state index contributed by atoms with van der Waals surface area (Å²) in [6, 6.07) is 0. The van der Waals surface area contributed by atoms with E-state index in [9.17, 15) is 19.2 Å². The highest BCUT2D eigenvalue weighted by atomic mass is 16.5. The normalized spacial score (nSPS) is 10.7. The van der Waals surface area contributed by atoms with Crippen molar-refractivity contribution in [2.24, 2.45) is 5.73 Å². The van der Waals surface area contributed by atoms with E-state index < -0.39 is 30.1 Å². The molecule has 0 aliphatic carbocycles. The van der Waals surface area contributed by atoms with Gasteiger partial charge < -0.3 is 29.7 Å². The van der Waals surface area contributed by atoms with Gasteiger partial charge in [-0.3, -0.25) is 24.7 Å². The summed E-state index contributed by atoms with van der Waals surface area (Å²) in [6.07, 6.45) is 2.39. The number of hydrogen-bond donors (Lipinski definition) is 4. The largest absolute Gasteiger partial charge is 0.480 e. The number of anilines is 1. The van der Waals surface area contributed by atoms with E-state index in [1.165, 1.54) is 10.9 Å². The van der Waals surface area contributed by atoms with E-state index in [4.69, 9.17) is 20.2 Å². The summed E-state index contributed by atoms with van der Waals surface area (Å²) in [5, 5.41) is 11.4. The average Bonchev–Trinajstić information content (AvgIpc) is 3.13. The smallest absolute Gasteiger partial charge is 0.413 e. The Morgan fingerprint density at radius 1 is 1.41 bits per heavy atom. The standard InChI is InChI=1S/C17H26BN7O7/c1-2-3-6-31-17(30)23-16-21-14-13(15(29)22-16)20-10-25(14)7-11(26)24(8-12(27)28)5-4-18-32-9-19/h10,18H,2-9,19H2,1H3,(H,27,28)(H2,21,22,23,29,30). The van der Waals surface area contributed by atoms with Crippen LogP contribution in [0.5, 0.6) is 0 Å². The summed E-state index contributed by atoms with van der Waals surface area (Å²) in [7, 11) is 0.272. The number of nitrogens with two attached hydrogens (primary N) is 1. The molecule has 0 bridgehead atoms. The molecule has 0 saturated heterocycles. The van der Waals surface area contributed by atoms with Crippen LogP contribution in [-0.2, 0) is 25.5 Å². The molecule has 0 fully saturated rings. The second kappa shape index (κ2) is 12.4. The summed E-state index contributed by atoms with van der Waals surface area (Å²) in [5.41, 5.74) is 4.63. The number of carbonyl (C=O) groups is 3. The van der Waals surface area contributed by atoms with Gasteiger partial charge in [-0.2, -0.15) is 4.98 Å². The van der Waals surface area contributed by atoms with E-state index in [1.807, 2.05) is 6.92 Å². The van der Waals surface area contributed by atoms with Crippen molar-refractivity contribution < 1.29 is 28.9 Å². The zero-order valence-electron chi connectivity index (χ0n) is 17.7. The molecule has 0 spiro atoms. The lowest BCUT2D eigenvalue weighted by molar-refractivity contribution is -0.144. The highest BCUT2D eigenvalue weighted by Crippen LogP contribution is 2.09. The first-order valence-electron chi connectivity index (χ1n) is 10.0. The van der Waals surface area contributed by atoms with Gasteiger partial charge in [-0.05, 0) is 12.7 Å². The summed E-state index contributed by atoms with van der Waals surface area (Å²) in [4.78, 5) is 59.5. The summed E-state index contributed by atoms with van der Waals surface area (Å²) >= 11 is 0. The lowest BCUT2D eigenvalue weighted by Crippen LogP contribution is -2.39. The number of H-pyrrole nitrogens is 1.